The Kier molecular flexibility index (Phi) is 6.03. The van der Waals surface area contributed by atoms with Crippen LogP contribution in [0.15, 0.2) is 67.0 Å². The molecule has 37 heavy (non-hydrogen) atoms. The van der Waals surface area contributed by atoms with Crippen molar-refractivity contribution in [2.75, 3.05) is 10.0 Å². The zero-order chi connectivity index (χ0) is 26.3. The van der Waals surface area contributed by atoms with E-state index >= 15 is 0 Å². The molecule has 2 amide bonds. The van der Waals surface area contributed by atoms with Crippen LogP contribution in [0.2, 0.25) is 5.02 Å². The summed E-state index contributed by atoms with van der Waals surface area (Å²) < 4.78 is 28.9. The Hall–Kier alpha value is -4.46. The maximum atomic E-state index is 13.2. The van der Waals surface area contributed by atoms with Crippen molar-refractivity contribution >= 4 is 61.5 Å². The van der Waals surface area contributed by atoms with Crippen molar-refractivity contribution in [1.82, 2.24) is 14.9 Å². The van der Waals surface area contributed by atoms with Gasteiger partial charge < -0.3 is 5.32 Å². The Labute approximate surface area is 217 Å². The van der Waals surface area contributed by atoms with E-state index in [-0.39, 0.29) is 16.8 Å². The molecule has 2 N–H and O–H groups in total. The van der Waals surface area contributed by atoms with E-state index < -0.39 is 27.2 Å². The number of amides is 2. The summed E-state index contributed by atoms with van der Waals surface area (Å²) in [6.07, 6.45) is 6.85. The van der Waals surface area contributed by atoms with Gasteiger partial charge >= 0.3 is 0 Å². The second-order valence-corrected chi connectivity index (χ2v) is 10.5. The number of benzene rings is 3. The number of halogens is 1. The molecule has 1 unspecified atom stereocenters. The molecule has 0 aliphatic carbocycles. The lowest BCUT2D eigenvalue weighted by Gasteiger charge is -2.23. The van der Waals surface area contributed by atoms with Gasteiger partial charge in [0.05, 0.1) is 27.4 Å². The molecule has 1 aliphatic rings. The fraction of sp³-hybridized carbons (Fsp3) is 0.0769. The molecule has 2 heterocycles. The van der Waals surface area contributed by atoms with Crippen molar-refractivity contribution in [1.29, 1.82) is 0 Å². The minimum Gasteiger partial charge on any atom is -0.338 e. The number of rotatable bonds is 6. The first-order valence-corrected chi connectivity index (χ1v) is 12.9. The zero-order valence-corrected chi connectivity index (χ0v) is 20.8. The fourth-order valence-electron chi connectivity index (χ4n) is 4.01. The van der Waals surface area contributed by atoms with Gasteiger partial charge in [-0.25, -0.2) is 18.4 Å². The molecule has 0 spiro atoms. The number of anilines is 3. The standard InChI is InChI=1S/C26H18ClN5O4S/c1-3-16-7-6-10-22(23(16)27)30-24-20-13-17(11-12-21(20)28-14-29-24)31-37(35,36)15(2)32-25(33)18-8-4-5-9-19(18)26(32)34/h1,4-15,31H,2H3,(H,28,29,30). The van der Waals surface area contributed by atoms with E-state index in [1.54, 1.807) is 42.5 Å². The van der Waals surface area contributed by atoms with Crippen LogP contribution in [0.3, 0.4) is 0 Å². The summed E-state index contributed by atoms with van der Waals surface area (Å²) in [7, 11) is -4.21. The number of aromatic nitrogens is 2. The second kappa shape index (κ2) is 9.20. The van der Waals surface area contributed by atoms with Crippen LogP contribution in [-0.4, -0.2) is 40.5 Å². The molecular formula is C26H18ClN5O4S. The Balaban J connectivity index is 1.45. The molecule has 1 aromatic heterocycles. The van der Waals surface area contributed by atoms with E-state index in [0.29, 0.717) is 33.0 Å². The second-order valence-electron chi connectivity index (χ2n) is 8.16. The van der Waals surface area contributed by atoms with E-state index in [9.17, 15) is 18.0 Å². The molecule has 0 saturated heterocycles. The van der Waals surface area contributed by atoms with Gasteiger partial charge in [0.2, 0.25) is 0 Å². The SMILES string of the molecule is C#Cc1cccc(Nc2ncnc3ccc(NS(=O)(=O)C(C)N4C(=O)c5ccccc5C4=O)cc23)c1Cl. The number of imide groups is 1. The third-order valence-electron chi connectivity index (χ3n) is 5.94. The maximum absolute atomic E-state index is 13.2. The van der Waals surface area contributed by atoms with Crippen molar-refractivity contribution in [2.24, 2.45) is 0 Å². The topological polar surface area (TPSA) is 121 Å². The van der Waals surface area contributed by atoms with Crippen LogP contribution in [0, 0.1) is 12.3 Å². The number of fused-ring (bicyclic) bond motifs is 2. The summed E-state index contributed by atoms with van der Waals surface area (Å²) in [5.41, 5.74) is 2.08. The number of carbonyl (C=O) groups excluding carboxylic acids is 2. The van der Waals surface area contributed by atoms with Crippen molar-refractivity contribution < 1.29 is 18.0 Å². The van der Waals surface area contributed by atoms with Crippen molar-refractivity contribution in [2.45, 2.75) is 12.3 Å². The predicted octanol–water partition coefficient (Wildman–Crippen LogP) is 4.39. The molecular weight excluding hydrogens is 514 g/mol. The molecule has 0 saturated carbocycles. The molecule has 1 aliphatic heterocycles. The molecule has 3 aromatic carbocycles. The smallest absolute Gasteiger partial charge is 0.262 e. The van der Waals surface area contributed by atoms with Gasteiger partial charge in [-0.1, -0.05) is 35.7 Å². The van der Waals surface area contributed by atoms with Gasteiger partial charge in [-0.3, -0.25) is 19.2 Å². The van der Waals surface area contributed by atoms with Crippen LogP contribution < -0.4 is 10.0 Å². The van der Waals surface area contributed by atoms with E-state index in [0.717, 1.165) is 4.90 Å². The highest BCUT2D eigenvalue weighted by molar-refractivity contribution is 7.93. The lowest BCUT2D eigenvalue weighted by atomic mass is 10.1. The van der Waals surface area contributed by atoms with Gasteiger partial charge in [0.1, 0.15) is 12.1 Å². The summed E-state index contributed by atoms with van der Waals surface area (Å²) in [5, 5.41) is 2.48. The normalized spacial score (nSPS) is 13.8. The Morgan fingerprint density at radius 2 is 1.70 bits per heavy atom. The first-order valence-electron chi connectivity index (χ1n) is 11.0. The van der Waals surface area contributed by atoms with Crippen LogP contribution >= 0.6 is 11.6 Å². The fourth-order valence-corrected chi connectivity index (χ4v) is 5.34. The van der Waals surface area contributed by atoms with E-state index in [1.807, 2.05) is 0 Å². The summed E-state index contributed by atoms with van der Waals surface area (Å²) >= 11 is 6.38. The number of carbonyl (C=O) groups is 2. The Morgan fingerprint density at radius 3 is 2.38 bits per heavy atom. The van der Waals surface area contributed by atoms with Gasteiger partial charge in [-0.05, 0) is 49.4 Å². The molecule has 0 radical (unpaired) electrons. The van der Waals surface area contributed by atoms with Gasteiger partial charge in [0.25, 0.3) is 21.8 Å². The highest BCUT2D eigenvalue weighted by Crippen LogP contribution is 2.32. The quantitative estimate of drug-likeness (QED) is 0.279. The highest BCUT2D eigenvalue weighted by Gasteiger charge is 2.43. The number of nitrogens with one attached hydrogen (secondary N) is 2. The molecule has 5 rings (SSSR count). The predicted molar refractivity (Wildman–Crippen MR) is 141 cm³/mol. The third kappa shape index (κ3) is 4.24. The third-order valence-corrected chi connectivity index (χ3v) is 7.98. The first-order chi connectivity index (χ1) is 17.7. The van der Waals surface area contributed by atoms with Gasteiger partial charge in [0.15, 0.2) is 5.37 Å². The average molecular weight is 532 g/mol. The number of hydrogen-bond donors (Lipinski definition) is 2. The lowest BCUT2D eigenvalue weighted by Crippen LogP contribution is -2.45. The minimum atomic E-state index is -4.21. The summed E-state index contributed by atoms with van der Waals surface area (Å²) in [5.74, 6) is 1.55. The molecule has 4 aromatic rings. The summed E-state index contributed by atoms with van der Waals surface area (Å²) in [6.45, 7) is 1.28. The van der Waals surface area contributed by atoms with Gasteiger partial charge in [0, 0.05) is 16.6 Å². The average Bonchev–Trinajstić information content (AvgIpc) is 3.14. The summed E-state index contributed by atoms with van der Waals surface area (Å²) in [4.78, 5) is 34.8. The van der Waals surface area contributed by atoms with Gasteiger partial charge in [-0.15, -0.1) is 6.42 Å². The largest absolute Gasteiger partial charge is 0.338 e. The molecule has 11 heteroatoms. The number of sulfonamides is 1. The number of terminal acetylenes is 1. The minimum absolute atomic E-state index is 0.167. The molecule has 0 bridgehead atoms. The lowest BCUT2D eigenvalue weighted by molar-refractivity contribution is 0.0640. The van der Waals surface area contributed by atoms with Crippen LogP contribution in [0.1, 0.15) is 33.2 Å². The summed E-state index contributed by atoms with van der Waals surface area (Å²) in [6, 6.07) is 16.1. The van der Waals surface area contributed by atoms with Crippen molar-refractivity contribution in [3.63, 3.8) is 0 Å². The van der Waals surface area contributed by atoms with Crippen molar-refractivity contribution in [3.05, 3.63) is 88.7 Å². The van der Waals surface area contributed by atoms with Crippen LogP contribution in [0.4, 0.5) is 17.2 Å². The molecule has 9 nitrogen and oxygen atoms in total. The van der Waals surface area contributed by atoms with Crippen LogP contribution in [0.5, 0.6) is 0 Å². The molecule has 184 valence electrons. The number of hydrogen-bond acceptors (Lipinski definition) is 7. The zero-order valence-electron chi connectivity index (χ0n) is 19.3. The van der Waals surface area contributed by atoms with Crippen LogP contribution in [-0.2, 0) is 10.0 Å². The monoisotopic (exact) mass is 531 g/mol. The molecule has 1 atom stereocenters. The molecule has 0 fully saturated rings. The maximum Gasteiger partial charge on any atom is 0.262 e. The van der Waals surface area contributed by atoms with E-state index in [1.165, 1.54) is 31.5 Å². The van der Waals surface area contributed by atoms with E-state index in [4.69, 9.17) is 18.0 Å². The van der Waals surface area contributed by atoms with E-state index in [2.05, 4.69) is 25.9 Å². The number of nitrogens with zero attached hydrogens (tertiary/aromatic N) is 3. The highest BCUT2D eigenvalue weighted by atomic mass is 35.5. The van der Waals surface area contributed by atoms with Gasteiger partial charge in [-0.2, -0.15) is 0 Å². The Bertz CT molecular complexity index is 1710. The van der Waals surface area contributed by atoms with Crippen molar-refractivity contribution in [3.8, 4) is 12.3 Å². The first kappa shape index (κ1) is 24.2. The van der Waals surface area contributed by atoms with Crippen LogP contribution in [0.25, 0.3) is 10.9 Å². The Morgan fingerprint density at radius 1 is 1.00 bits per heavy atom.